The molecule has 0 aliphatic carbocycles. The molecule has 9 heteroatoms. The first kappa shape index (κ1) is 19.4. The van der Waals surface area contributed by atoms with Gasteiger partial charge in [-0.2, -0.15) is 0 Å². The van der Waals surface area contributed by atoms with Crippen molar-refractivity contribution in [1.82, 2.24) is 10.2 Å². The molecule has 0 spiro atoms. The lowest BCUT2D eigenvalue weighted by atomic mass is 10.1. The second kappa shape index (κ2) is 8.62. The zero-order valence-electron chi connectivity index (χ0n) is 15.6. The lowest BCUT2D eigenvalue weighted by molar-refractivity contribution is -0.114. The van der Waals surface area contributed by atoms with Gasteiger partial charge in [-0.05, 0) is 42.0 Å². The number of Topliss-reactive ketones (excluding diaryl/α,β-unsaturated/α-hetero) is 1. The number of nitrogens with one attached hydrogen (secondary N) is 2. The van der Waals surface area contributed by atoms with Crippen molar-refractivity contribution >= 4 is 51.3 Å². The van der Waals surface area contributed by atoms with Crippen LogP contribution in [0.3, 0.4) is 0 Å². The van der Waals surface area contributed by atoms with Crippen molar-refractivity contribution < 1.29 is 14.3 Å². The molecule has 0 saturated carbocycles. The number of ether oxygens (including phenoxy) is 1. The highest BCUT2D eigenvalue weighted by Crippen LogP contribution is 2.30. The van der Waals surface area contributed by atoms with Gasteiger partial charge in [0.05, 0.1) is 12.4 Å². The van der Waals surface area contributed by atoms with Gasteiger partial charge in [-0.3, -0.25) is 9.59 Å². The minimum Gasteiger partial charge on any atom is -0.493 e. The molecular weight excluding hydrogens is 408 g/mol. The fraction of sp³-hybridized carbons (Fsp3) is 0.200. The van der Waals surface area contributed by atoms with Crippen molar-refractivity contribution in [3.63, 3.8) is 0 Å². The third-order valence-corrected chi connectivity index (χ3v) is 6.15. The van der Waals surface area contributed by atoms with E-state index in [1.165, 1.54) is 30.0 Å². The van der Waals surface area contributed by atoms with E-state index in [9.17, 15) is 9.59 Å². The summed E-state index contributed by atoms with van der Waals surface area (Å²) in [5.41, 5.74) is 3.27. The zero-order valence-corrected chi connectivity index (χ0v) is 17.2. The number of ketones is 1. The van der Waals surface area contributed by atoms with E-state index in [1.54, 1.807) is 0 Å². The fourth-order valence-electron chi connectivity index (χ4n) is 2.89. The first-order chi connectivity index (χ1) is 14.1. The number of thioether (sulfide) groups is 1. The Kier molecular flexibility index (Phi) is 5.77. The van der Waals surface area contributed by atoms with Crippen molar-refractivity contribution in [2.75, 3.05) is 23.0 Å². The summed E-state index contributed by atoms with van der Waals surface area (Å²) >= 11 is 2.74. The quantitative estimate of drug-likeness (QED) is 0.433. The van der Waals surface area contributed by atoms with Crippen molar-refractivity contribution in [2.24, 2.45) is 0 Å². The van der Waals surface area contributed by atoms with Crippen molar-refractivity contribution in [3.8, 4) is 5.75 Å². The van der Waals surface area contributed by atoms with E-state index >= 15 is 0 Å². The summed E-state index contributed by atoms with van der Waals surface area (Å²) in [6.07, 6.45) is 0.845. The van der Waals surface area contributed by atoms with Gasteiger partial charge in [0.1, 0.15) is 5.75 Å². The Balaban J connectivity index is 1.35. The molecule has 2 N–H and O–H groups in total. The standard InChI is InChI=1S/C20H18N4O3S2/c1-12(25)21-15-3-2-4-16(10-15)22-19-23-24-20(29-19)28-11-17(26)13-5-6-18-14(9-13)7-8-27-18/h2-6,9-10H,7-8,11H2,1H3,(H,21,25)(H,22,23). The van der Waals surface area contributed by atoms with E-state index in [2.05, 4.69) is 20.8 Å². The number of carbonyl (C=O) groups is 2. The molecule has 7 nitrogen and oxygen atoms in total. The van der Waals surface area contributed by atoms with Gasteiger partial charge < -0.3 is 15.4 Å². The highest BCUT2D eigenvalue weighted by molar-refractivity contribution is 8.01. The first-order valence-electron chi connectivity index (χ1n) is 8.97. The minimum absolute atomic E-state index is 0.0532. The third kappa shape index (κ3) is 4.93. The van der Waals surface area contributed by atoms with Crippen LogP contribution in [-0.4, -0.2) is 34.2 Å². The predicted octanol–water partition coefficient (Wildman–Crippen LogP) is 4.15. The van der Waals surface area contributed by atoms with Crippen LogP contribution in [0, 0.1) is 0 Å². The number of aromatic nitrogens is 2. The van der Waals surface area contributed by atoms with Crippen LogP contribution in [0.15, 0.2) is 46.8 Å². The highest BCUT2D eigenvalue weighted by atomic mass is 32.2. The predicted molar refractivity (Wildman–Crippen MR) is 115 cm³/mol. The van der Waals surface area contributed by atoms with E-state index in [0.29, 0.717) is 33.1 Å². The number of amides is 1. The molecule has 148 valence electrons. The molecule has 3 aromatic rings. The number of nitrogens with zero attached hydrogens (tertiary/aromatic N) is 2. The van der Waals surface area contributed by atoms with E-state index in [-0.39, 0.29) is 11.7 Å². The Morgan fingerprint density at radius 1 is 1.17 bits per heavy atom. The second-order valence-corrected chi connectivity index (χ2v) is 8.59. The van der Waals surface area contributed by atoms with Gasteiger partial charge in [0, 0.05) is 30.3 Å². The van der Waals surface area contributed by atoms with Gasteiger partial charge in [0.15, 0.2) is 10.1 Å². The zero-order chi connectivity index (χ0) is 20.2. The first-order valence-corrected chi connectivity index (χ1v) is 10.8. The second-order valence-electron chi connectivity index (χ2n) is 6.39. The third-order valence-electron chi connectivity index (χ3n) is 4.18. The Hall–Kier alpha value is -2.91. The Morgan fingerprint density at radius 2 is 2.03 bits per heavy atom. The van der Waals surface area contributed by atoms with Gasteiger partial charge in [0.2, 0.25) is 11.0 Å². The van der Waals surface area contributed by atoms with Crippen LogP contribution >= 0.6 is 23.1 Å². The summed E-state index contributed by atoms with van der Waals surface area (Å²) < 4.78 is 6.19. The van der Waals surface area contributed by atoms with Crippen LogP contribution in [0.1, 0.15) is 22.8 Å². The van der Waals surface area contributed by atoms with Gasteiger partial charge in [0.25, 0.3) is 0 Å². The molecule has 0 bridgehead atoms. The summed E-state index contributed by atoms with van der Waals surface area (Å²) in [4.78, 5) is 23.7. The van der Waals surface area contributed by atoms with Crippen LogP contribution in [-0.2, 0) is 11.2 Å². The van der Waals surface area contributed by atoms with Crippen molar-refractivity contribution in [3.05, 3.63) is 53.6 Å². The molecule has 0 radical (unpaired) electrons. The van der Waals surface area contributed by atoms with Crippen LogP contribution in [0.4, 0.5) is 16.5 Å². The van der Waals surface area contributed by atoms with Crippen molar-refractivity contribution in [1.29, 1.82) is 0 Å². The molecule has 29 heavy (non-hydrogen) atoms. The normalized spacial score (nSPS) is 12.2. The molecule has 0 fully saturated rings. The highest BCUT2D eigenvalue weighted by Gasteiger charge is 2.16. The fourth-order valence-corrected chi connectivity index (χ4v) is 4.56. The number of anilines is 3. The average Bonchev–Trinajstić information content (AvgIpc) is 3.34. The van der Waals surface area contributed by atoms with Gasteiger partial charge in [-0.15, -0.1) is 10.2 Å². The smallest absolute Gasteiger partial charge is 0.221 e. The lowest BCUT2D eigenvalue weighted by Gasteiger charge is -2.05. The molecule has 1 aromatic heterocycles. The molecule has 1 aliphatic rings. The molecular formula is C20H18N4O3S2. The molecule has 0 saturated heterocycles. The number of benzene rings is 2. The lowest BCUT2D eigenvalue weighted by Crippen LogP contribution is -2.05. The summed E-state index contributed by atoms with van der Waals surface area (Å²) in [6, 6.07) is 12.9. The topological polar surface area (TPSA) is 93.2 Å². The summed E-state index contributed by atoms with van der Waals surface area (Å²) in [5.74, 6) is 1.10. The maximum Gasteiger partial charge on any atom is 0.221 e. The molecule has 2 heterocycles. The number of hydrogen-bond donors (Lipinski definition) is 2. The molecule has 4 rings (SSSR count). The number of rotatable bonds is 7. The maximum atomic E-state index is 12.5. The summed E-state index contributed by atoms with van der Waals surface area (Å²) in [6.45, 7) is 2.14. The van der Waals surface area contributed by atoms with Gasteiger partial charge >= 0.3 is 0 Å². The largest absolute Gasteiger partial charge is 0.493 e. The minimum atomic E-state index is -0.127. The number of hydrogen-bond acceptors (Lipinski definition) is 8. The Morgan fingerprint density at radius 3 is 2.90 bits per heavy atom. The number of fused-ring (bicyclic) bond motifs is 1. The Bertz CT molecular complexity index is 1070. The van der Waals surface area contributed by atoms with Crippen LogP contribution in [0.5, 0.6) is 5.75 Å². The van der Waals surface area contributed by atoms with E-state index in [0.717, 1.165) is 23.4 Å². The van der Waals surface area contributed by atoms with E-state index < -0.39 is 0 Å². The molecule has 2 aromatic carbocycles. The summed E-state index contributed by atoms with van der Waals surface area (Å²) in [5, 5.41) is 14.8. The van der Waals surface area contributed by atoms with Gasteiger partial charge in [-0.25, -0.2) is 0 Å². The van der Waals surface area contributed by atoms with Crippen LogP contribution in [0.25, 0.3) is 0 Å². The molecule has 1 amide bonds. The monoisotopic (exact) mass is 426 g/mol. The maximum absolute atomic E-state index is 12.5. The van der Waals surface area contributed by atoms with Crippen molar-refractivity contribution in [2.45, 2.75) is 17.7 Å². The molecule has 0 atom stereocenters. The van der Waals surface area contributed by atoms with Gasteiger partial charge in [-0.1, -0.05) is 29.2 Å². The van der Waals surface area contributed by atoms with E-state index in [4.69, 9.17) is 4.74 Å². The number of carbonyl (C=O) groups excluding carboxylic acids is 2. The van der Waals surface area contributed by atoms with Crippen LogP contribution in [0.2, 0.25) is 0 Å². The molecule has 0 unspecified atom stereocenters. The summed E-state index contributed by atoms with van der Waals surface area (Å²) in [7, 11) is 0. The van der Waals surface area contributed by atoms with E-state index in [1.807, 2.05) is 42.5 Å². The average molecular weight is 427 g/mol. The Labute approximate surface area is 175 Å². The molecule has 1 aliphatic heterocycles. The van der Waals surface area contributed by atoms with Crippen LogP contribution < -0.4 is 15.4 Å². The SMILES string of the molecule is CC(=O)Nc1cccc(Nc2nnc(SCC(=O)c3ccc4c(c3)CCO4)s2)c1.